The molecule has 0 spiro atoms. The third kappa shape index (κ3) is 3.08. The number of anilines is 1. The van der Waals surface area contributed by atoms with Crippen molar-refractivity contribution in [1.82, 2.24) is 4.98 Å². The molecule has 0 aliphatic heterocycles. The van der Waals surface area contributed by atoms with Gasteiger partial charge in [0.05, 0.1) is 10.2 Å². The fourth-order valence-electron chi connectivity index (χ4n) is 3.08. The van der Waals surface area contributed by atoms with E-state index in [1.807, 2.05) is 0 Å². The summed E-state index contributed by atoms with van der Waals surface area (Å²) in [5, 5.41) is 4.63. The van der Waals surface area contributed by atoms with Gasteiger partial charge in [0.15, 0.2) is 5.13 Å². The van der Waals surface area contributed by atoms with Crippen molar-refractivity contribution in [3.05, 3.63) is 23.8 Å². The van der Waals surface area contributed by atoms with Gasteiger partial charge in [-0.15, -0.1) is 0 Å². The van der Waals surface area contributed by atoms with Crippen molar-refractivity contribution in [2.24, 2.45) is 11.8 Å². The van der Waals surface area contributed by atoms with Gasteiger partial charge in [-0.25, -0.2) is 4.98 Å². The van der Waals surface area contributed by atoms with Gasteiger partial charge in [-0.05, 0) is 49.3 Å². The Morgan fingerprint density at radius 3 is 3.11 bits per heavy atom. The molecule has 3 heteroatoms. The Labute approximate surface area is 119 Å². The SMILES string of the molecule is Cc1ccc2nc(NCC3CCCC(C)C3)sc2c1. The minimum absolute atomic E-state index is 0.831. The van der Waals surface area contributed by atoms with Gasteiger partial charge in [-0.2, -0.15) is 0 Å². The minimum atomic E-state index is 0.831. The Hall–Kier alpha value is -1.09. The molecule has 0 radical (unpaired) electrons. The molecule has 1 aromatic heterocycles. The highest BCUT2D eigenvalue weighted by Crippen LogP contribution is 2.30. The summed E-state index contributed by atoms with van der Waals surface area (Å²) in [6.07, 6.45) is 5.56. The summed E-state index contributed by atoms with van der Waals surface area (Å²) in [6.45, 7) is 5.60. The summed E-state index contributed by atoms with van der Waals surface area (Å²) in [4.78, 5) is 4.66. The average Bonchev–Trinajstić information content (AvgIpc) is 2.78. The molecule has 1 aromatic carbocycles. The van der Waals surface area contributed by atoms with Crippen molar-refractivity contribution in [1.29, 1.82) is 0 Å². The molecular formula is C16H22N2S. The van der Waals surface area contributed by atoms with E-state index in [1.54, 1.807) is 11.3 Å². The van der Waals surface area contributed by atoms with Gasteiger partial charge in [-0.1, -0.05) is 37.2 Å². The molecule has 3 rings (SSSR count). The summed E-state index contributed by atoms with van der Waals surface area (Å²) in [7, 11) is 0. The number of aryl methyl sites for hydroxylation is 1. The van der Waals surface area contributed by atoms with E-state index in [-0.39, 0.29) is 0 Å². The molecule has 1 saturated carbocycles. The van der Waals surface area contributed by atoms with Crippen molar-refractivity contribution >= 4 is 26.7 Å². The van der Waals surface area contributed by atoms with E-state index in [9.17, 15) is 0 Å². The molecule has 0 bridgehead atoms. The van der Waals surface area contributed by atoms with Crippen LogP contribution in [0.5, 0.6) is 0 Å². The molecule has 1 aliphatic rings. The van der Waals surface area contributed by atoms with Gasteiger partial charge in [0.2, 0.25) is 0 Å². The summed E-state index contributed by atoms with van der Waals surface area (Å²) in [5.41, 5.74) is 2.43. The molecule has 19 heavy (non-hydrogen) atoms. The maximum absolute atomic E-state index is 4.66. The molecule has 1 aliphatic carbocycles. The fourth-order valence-corrected chi connectivity index (χ4v) is 4.06. The van der Waals surface area contributed by atoms with Crippen LogP contribution < -0.4 is 5.32 Å². The van der Waals surface area contributed by atoms with Gasteiger partial charge in [0.1, 0.15) is 0 Å². The monoisotopic (exact) mass is 274 g/mol. The largest absolute Gasteiger partial charge is 0.361 e. The van der Waals surface area contributed by atoms with Gasteiger partial charge in [0.25, 0.3) is 0 Å². The molecule has 1 fully saturated rings. The van der Waals surface area contributed by atoms with Crippen molar-refractivity contribution < 1.29 is 0 Å². The van der Waals surface area contributed by atoms with E-state index in [0.717, 1.165) is 29.0 Å². The summed E-state index contributed by atoms with van der Waals surface area (Å²) < 4.78 is 1.29. The Kier molecular flexibility index (Phi) is 3.74. The second-order valence-corrected chi connectivity index (χ2v) is 7.04. The van der Waals surface area contributed by atoms with Crippen LogP contribution in [0.1, 0.15) is 38.2 Å². The maximum Gasteiger partial charge on any atom is 0.183 e. The zero-order chi connectivity index (χ0) is 13.2. The molecule has 2 aromatic rings. The first-order valence-electron chi connectivity index (χ1n) is 7.32. The first kappa shape index (κ1) is 12.9. The van der Waals surface area contributed by atoms with Crippen molar-refractivity contribution in [3.63, 3.8) is 0 Å². The van der Waals surface area contributed by atoms with E-state index in [1.165, 1.54) is 35.9 Å². The van der Waals surface area contributed by atoms with Gasteiger partial charge in [-0.3, -0.25) is 0 Å². The smallest absolute Gasteiger partial charge is 0.183 e. The predicted molar refractivity (Wildman–Crippen MR) is 84.0 cm³/mol. The number of hydrogen-bond acceptors (Lipinski definition) is 3. The van der Waals surface area contributed by atoms with Crippen LogP contribution in [0.4, 0.5) is 5.13 Å². The fraction of sp³-hybridized carbons (Fsp3) is 0.562. The van der Waals surface area contributed by atoms with Crippen LogP contribution in [-0.2, 0) is 0 Å². The molecule has 0 saturated heterocycles. The summed E-state index contributed by atoms with van der Waals surface area (Å²) >= 11 is 1.78. The predicted octanol–water partition coefficient (Wildman–Crippen LogP) is 4.84. The van der Waals surface area contributed by atoms with E-state index < -0.39 is 0 Å². The molecule has 0 amide bonds. The molecule has 102 valence electrons. The highest BCUT2D eigenvalue weighted by atomic mass is 32.1. The van der Waals surface area contributed by atoms with Crippen LogP contribution in [0.25, 0.3) is 10.2 Å². The normalized spacial score (nSPS) is 23.7. The summed E-state index contributed by atoms with van der Waals surface area (Å²) in [6, 6.07) is 6.48. The number of thiazole rings is 1. The molecule has 2 atom stereocenters. The Morgan fingerprint density at radius 2 is 2.26 bits per heavy atom. The average molecular weight is 274 g/mol. The van der Waals surface area contributed by atoms with E-state index >= 15 is 0 Å². The first-order valence-corrected chi connectivity index (χ1v) is 8.13. The summed E-state index contributed by atoms with van der Waals surface area (Å²) in [5.74, 6) is 1.73. The second kappa shape index (κ2) is 5.49. The zero-order valence-electron chi connectivity index (χ0n) is 11.8. The van der Waals surface area contributed by atoms with Crippen LogP contribution >= 0.6 is 11.3 Å². The number of aromatic nitrogens is 1. The topological polar surface area (TPSA) is 24.9 Å². The number of fused-ring (bicyclic) bond motifs is 1. The number of nitrogens with one attached hydrogen (secondary N) is 1. The van der Waals surface area contributed by atoms with Gasteiger partial charge >= 0.3 is 0 Å². The lowest BCUT2D eigenvalue weighted by atomic mass is 9.82. The highest BCUT2D eigenvalue weighted by molar-refractivity contribution is 7.22. The Morgan fingerprint density at radius 1 is 1.37 bits per heavy atom. The van der Waals surface area contributed by atoms with Crippen molar-refractivity contribution in [2.45, 2.75) is 39.5 Å². The quantitative estimate of drug-likeness (QED) is 0.866. The van der Waals surface area contributed by atoms with Crippen LogP contribution in [0.3, 0.4) is 0 Å². The second-order valence-electron chi connectivity index (χ2n) is 6.01. The number of nitrogens with zero attached hydrogens (tertiary/aromatic N) is 1. The van der Waals surface area contributed by atoms with Crippen LogP contribution in [0.2, 0.25) is 0 Å². The van der Waals surface area contributed by atoms with E-state index in [4.69, 9.17) is 0 Å². The lowest BCUT2D eigenvalue weighted by molar-refractivity contribution is 0.293. The lowest BCUT2D eigenvalue weighted by Gasteiger charge is -2.26. The third-order valence-electron chi connectivity index (χ3n) is 4.13. The highest BCUT2D eigenvalue weighted by Gasteiger charge is 2.18. The standard InChI is InChI=1S/C16H22N2S/c1-11-4-3-5-13(8-11)10-17-16-18-14-7-6-12(2)9-15(14)19-16/h6-7,9,11,13H,3-5,8,10H2,1-2H3,(H,17,18). The van der Waals surface area contributed by atoms with E-state index in [0.29, 0.717) is 0 Å². The first-order chi connectivity index (χ1) is 9.20. The van der Waals surface area contributed by atoms with Crippen LogP contribution in [0, 0.1) is 18.8 Å². The zero-order valence-corrected chi connectivity index (χ0v) is 12.6. The van der Waals surface area contributed by atoms with Crippen LogP contribution in [0.15, 0.2) is 18.2 Å². The lowest BCUT2D eigenvalue weighted by Crippen LogP contribution is -2.20. The maximum atomic E-state index is 4.66. The van der Waals surface area contributed by atoms with E-state index in [2.05, 4.69) is 42.3 Å². The number of hydrogen-bond donors (Lipinski definition) is 1. The molecular weight excluding hydrogens is 252 g/mol. The van der Waals surface area contributed by atoms with Crippen molar-refractivity contribution in [3.8, 4) is 0 Å². The third-order valence-corrected chi connectivity index (χ3v) is 5.11. The van der Waals surface area contributed by atoms with Crippen molar-refractivity contribution in [2.75, 3.05) is 11.9 Å². The number of benzene rings is 1. The Balaban J connectivity index is 1.65. The number of rotatable bonds is 3. The Bertz CT molecular complexity index is 561. The minimum Gasteiger partial charge on any atom is -0.361 e. The molecule has 1 N–H and O–H groups in total. The van der Waals surface area contributed by atoms with Crippen LogP contribution in [-0.4, -0.2) is 11.5 Å². The van der Waals surface area contributed by atoms with Gasteiger partial charge in [0, 0.05) is 6.54 Å². The van der Waals surface area contributed by atoms with Gasteiger partial charge < -0.3 is 5.32 Å². The molecule has 2 unspecified atom stereocenters. The molecule has 1 heterocycles. The molecule has 2 nitrogen and oxygen atoms in total.